The Kier molecular flexibility index (Phi) is 8.46. The minimum atomic E-state index is -5.16. The third-order valence-electron chi connectivity index (χ3n) is 7.75. The Morgan fingerprint density at radius 3 is 2.41 bits per heavy atom. The molecule has 1 aromatic carbocycles. The Morgan fingerprint density at radius 1 is 1.07 bits per heavy atom. The molecule has 0 unspecified atom stereocenters. The molecule has 10 nitrogen and oxygen atoms in total. The molecule has 0 bridgehead atoms. The van der Waals surface area contributed by atoms with Gasteiger partial charge in [0.2, 0.25) is 5.65 Å². The first-order valence-corrected chi connectivity index (χ1v) is 14.1. The van der Waals surface area contributed by atoms with Crippen molar-refractivity contribution >= 4 is 40.1 Å². The van der Waals surface area contributed by atoms with Gasteiger partial charge in [-0.2, -0.15) is 13.2 Å². The van der Waals surface area contributed by atoms with Crippen LogP contribution < -0.4 is 19.4 Å². The normalized spacial score (nSPS) is 17.3. The minimum absolute atomic E-state index is 0.00367. The zero-order valence-electron chi connectivity index (χ0n) is 23.2. The third-order valence-corrected chi connectivity index (χ3v) is 7.97. The van der Waals surface area contributed by atoms with Crippen LogP contribution in [0.5, 0.6) is 5.75 Å². The fourth-order valence-corrected chi connectivity index (χ4v) is 5.58. The van der Waals surface area contributed by atoms with Crippen molar-refractivity contribution < 1.29 is 27.5 Å². The first-order valence-electron chi connectivity index (χ1n) is 13.7. The van der Waals surface area contributed by atoms with E-state index in [0.717, 1.165) is 42.9 Å². The van der Waals surface area contributed by atoms with Crippen LogP contribution in [0.25, 0.3) is 11.0 Å². The number of piperidine rings is 1. The number of benzene rings is 1. The molecule has 4 heterocycles. The van der Waals surface area contributed by atoms with Gasteiger partial charge in [0.1, 0.15) is 17.9 Å². The van der Waals surface area contributed by atoms with Crippen molar-refractivity contribution in [1.82, 2.24) is 24.8 Å². The number of carbonyl (C=O) groups excluding carboxylic acids is 1. The summed E-state index contributed by atoms with van der Waals surface area (Å²) in [6.45, 7) is 9.14. The monoisotopic (exact) mass is 595 g/mol. The Hall–Kier alpha value is -3.32. The molecule has 2 fully saturated rings. The fraction of sp³-hybridized carbons (Fsp3) is 0.556. The van der Waals surface area contributed by atoms with Crippen molar-refractivity contribution in [2.75, 3.05) is 62.7 Å². The predicted molar refractivity (Wildman–Crippen MR) is 149 cm³/mol. The van der Waals surface area contributed by atoms with Gasteiger partial charge in [-0.15, -0.1) is 5.10 Å². The van der Waals surface area contributed by atoms with Crippen molar-refractivity contribution in [3.8, 4) is 5.75 Å². The van der Waals surface area contributed by atoms with Gasteiger partial charge in [0.25, 0.3) is 0 Å². The van der Waals surface area contributed by atoms with Gasteiger partial charge >= 0.3 is 12.1 Å². The molecule has 41 heavy (non-hydrogen) atoms. The van der Waals surface area contributed by atoms with E-state index in [1.165, 1.54) is 6.33 Å². The number of hydrogen-bond donors (Lipinski definition) is 0. The van der Waals surface area contributed by atoms with Gasteiger partial charge in [0, 0.05) is 42.5 Å². The van der Waals surface area contributed by atoms with E-state index in [1.807, 2.05) is 24.0 Å². The highest BCUT2D eigenvalue weighted by Crippen LogP contribution is 2.35. The van der Waals surface area contributed by atoms with Crippen LogP contribution in [0, 0.1) is 12.8 Å². The largest absolute Gasteiger partial charge is 0.493 e. The van der Waals surface area contributed by atoms with Crippen LogP contribution in [0.2, 0.25) is 5.02 Å². The SMILES string of the molecule is CCc1nn(OC(=O)C(F)(F)F)c2ncnc(N3CCN(c4cc(Cl)cc(OCC5CCN(C)CC5)c4C)CC3)c12. The molecule has 5 rings (SSSR count). The Labute approximate surface area is 240 Å². The van der Waals surface area contributed by atoms with E-state index < -0.39 is 12.1 Å². The van der Waals surface area contributed by atoms with Crippen LogP contribution in [0.3, 0.4) is 0 Å². The summed E-state index contributed by atoms with van der Waals surface area (Å²) in [5.41, 5.74) is 2.47. The second-order valence-electron chi connectivity index (χ2n) is 10.5. The van der Waals surface area contributed by atoms with E-state index in [-0.39, 0.29) is 5.65 Å². The molecule has 0 radical (unpaired) electrons. The van der Waals surface area contributed by atoms with Gasteiger partial charge in [-0.25, -0.2) is 14.8 Å². The predicted octanol–water partition coefficient (Wildman–Crippen LogP) is 3.92. The number of fused-ring (bicyclic) bond motifs is 1. The summed E-state index contributed by atoms with van der Waals surface area (Å²) in [5.74, 6) is -0.522. The Morgan fingerprint density at radius 2 is 1.76 bits per heavy atom. The van der Waals surface area contributed by atoms with Crippen LogP contribution in [0.4, 0.5) is 24.7 Å². The van der Waals surface area contributed by atoms with Crippen molar-refractivity contribution in [1.29, 1.82) is 0 Å². The number of aromatic nitrogens is 4. The number of anilines is 2. The number of ether oxygens (including phenoxy) is 1. The topological polar surface area (TPSA) is 88.8 Å². The Balaban J connectivity index is 1.31. The van der Waals surface area contributed by atoms with Gasteiger partial charge in [-0.05, 0) is 64.4 Å². The van der Waals surface area contributed by atoms with E-state index in [2.05, 4.69) is 36.8 Å². The minimum Gasteiger partial charge on any atom is -0.493 e. The summed E-state index contributed by atoms with van der Waals surface area (Å²) in [7, 11) is 2.14. The highest BCUT2D eigenvalue weighted by Gasteiger charge is 2.42. The lowest BCUT2D eigenvalue weighted by atomic mass is 9.98. The number of aryl methyl sites for hydroxylation is 1. The second kappa shape index (κ2) is 11.9. The fourth-order valence-electron chi connectivity index (χ4n) is 5.37. The highest BCUT2D eigenvalue weighted by molar-refractivity contribution is 6.31. The molecule has 222 valence electrons. The van der Waals surface area contributed by atoms with Crippen LogP contribution >= 0.6 is 11.6 Å². The van der Waals surface area contributed by atoms with E-state index in [1.54, 1.807) is 6.92 Å². The number of hydrogen-bond acceptors (Lipinski definition) is 9. The van der Waals surface area contributed by atoms with Crippen LogP contribution in [0.1, 0.15) is 31.0 Å². The molecule has 14 heteroatoms. The number of alkyl halides is 3. The lowest BCUT2D eigenvalue weighted by Gasteiger charge is -2.38. The first kappa shape index (κ1) is 29.2. The molecule has 2 aliphatic heterocycles. The molecule has 0 N–H and O–H groups in total. The molecule has 2 saturated heterocycles. The maximum absolute atomic E-state index is 12.8. The first-order chi connectivity index (χ1) is 19.5. The van der Waals surface area contributed by atoms with Crippen LogP contribution in [0.15, 0.2) is 18.5 Å². The van der Waals surface area contributed by atoms with Crippen molar-refractivity contribution in [2.45, 2.75) is 39.3 Å². The van der Waals surface area contributed by atoms with Gasteiger partial charge < -0.3 is 24.3 Å². The van der Waals surface area contributed by atoms with Gasteiger partial charge in [-0.1, -0.05) is 23.4 Å². The molecule has 0 amide bonds. The second-order valence-corrected chi connectivity index (χ2v) is 11.0. The number of piperazine rings is 1. The summed E-state index contributed by atoms with van der Waals surface area (Å²) >= 11 is 6.52. The molecule has 0 atom stereocenters. The van der Waals surface area contributed by atoms with Gasteiger partial charge in [-0.3, -0.25) is 0 Å². The third kappa shape index (κ3) is 6.30. The van der Waals surface area contributed by atoms with E-state index in [0.29, 0.717) is 71.9 Å². The number of nitrogens with zero attached hydrogens (tertiary/aromatic N) is 7. The van der Waals surface area contributed by atoms with Gasteiger partial charge in [0.15, 0.2) is 0 Å². The smallest absolute Gasteiger partial charge is 0.493 e. The Bertz CT molecular complexity index is 1400. The van der Waals surface area contributed by atoms with Gasteiger partial charge in [0.05, 0.1) is 17.7 Å². The van der Waals surface area contributed by atoms with Crippen LogP contribution in [-0.4, -0.2) is 89.9 Å². The molecule has 2 aliphatic rings. The lowest BCUT2D eigenvalue weighted by molar-refractivity contribution is -0.200. The standard InChI is InChI=1S/C27H33ClF3N7O3/c1-4-20-23-24(32-16-33-25(23)38(34-20)41-26(39)27(29,30)31)37-11-9-36(10-12-37)21-13-19(28)14-22(17(21)2)40-15-18-5-7-35(3)8-6-18/h13-14,16,18H,4-12,15H2,1-3H3. The number of rotatable bonds is 7. The van der Waals surface area contributed by atoms with E-state index >= 15 is 0 Å². The molecule has 0 aliphatic carbocycles. The number of halogens is 4. The zero-order chi connectivity index (χ0) is 29.3. The summed E-state index contributed by atoms with van der Waals surface area (Å²) in [4.78, 5) is 31.6. The summed E-state index contributed by atoms with van der Waals surface area (Å²) in [6.07, 6.45) is -1.31. The molecule has 3 aromatic rings. The highest BCUT2D eigenvalue weighted by atomic mass is 35.5. The maximum Gasteiger partial charge on any atom is 0.493 e. The average Bonchev–Trinajstić information content (AvgIpc) is 3.31. The molecular weight excluding hydrogens is 563 g/mol. The van der Waals surface area contributed by atoms with E-state index in [9.17, 15) is 18.0 Å². The number of likely N-dealkylation sites (tertiary alicyclic amines) is 1. The molecular formula is C27H33ClF3N7O3. The van der Waals surface area contributed by atoms with Crippen molar-refractivity contribution in [2.24, 2.45) is 5.92 Å². The summed E-state index contributed by atoms with van der Waals surface area (Å²) < 4.78 is 44.7. The summed E-state index contributed by atoms with van der Waals surface area (Å²) in [5, 5.41) is 5.14. The van der Waals surface area contributed by atoms with Crippen LogP contribution in [-0.2, 0) is 11.2 Å². The summed E-state index contributed by atoms with van der Waals surface area (Å²) in [6, 6.07) is 3.82. The molecule has 0 saturated carbocycles. The quantitative estimate of drug-likeness (QED) is 0.403. The van der Waals surface area contributed by atoms with Crippen molar-refractivity contribution in [3.05, 3.63) is 34.7 Å². The maximum atomic E-state index is 12.8. The van der Waals surface area contributed by atoms with E-state index in [4.69, 9.17) is 16.3 Å². The number of carbonyl (C=O) groups is 1. The van der Waals surface area contributed by atoms with Crippen molar-refractivity contribution in [3.63, 3.8) is 0 Å². The zero-order valence-corrected chi connectivity index (χ0v) is 24.0. The molecule has 0 spiro atoms. The molecule has 2 aromatic heterocycles. The average molecular weight is 596 g/mol. The lowest BCUT2D eigenvalue weighted by Crippen LogP contribution is -2.47.